The third-order valence-corrected chi connectivity index (χ3v) is 6.75. The van der Waals surface area contributed by atoms with Crippen LogP contribution >= 0.6 is 0 Å². The number of hydrogen-bond donors (Lipinski definition) is 0. The van der Waals surface area contributed by atoms with Gasteiger partial charge in [0.25, 0.3) is 0 Å². The maximum atomic E-state index is 2.21. The molecule has 0 aliphatic rings. The van der Waals surface area contributed by atoms with E-state index in [1.54, 1.807) is 0 Å². The monoisotopic (exact) mass is 354 g/mol. The standard InChI is InChI=1S/2C12H18.C2H6/c2*1-7-8(2)10(4)12(6)11(5)9(7)3;1-2/h2*1-6H3;1-2H3. The summed E-state index contributed by atoms with van der Waals surface area (Å²) < 4.78 is 0. The Kier molecular flexibility index (Phi) is 9.35. The van der Waals surface area contributed by atoms with Crippen LogP contribution in [0.4, 0.5) is 0 Å². The molecule has 2 aromatic rings. The van der Waals surface area contributed by atoms with Crippen molar-refractivity contribution < 1.29 is 0 Å². The van der Waals surface area contributed by atoms with Crippen molar-refractivity contribution in [3.05, 3.63) is 66.8 Å². The molecule has 2 aromatic carbocycles. The summed E-state index contributed by atoms with van der Waals surface area (Å²) in [7, 11) is 0. The summed E-state index contributed by atoms with van der Waals surface area (Å²) in [6.45, 7) is 30.5. The van der Waals surface area contributed by atoms with Crippen molar-refractivity contribution in [1.82, 2.24) is 0 Å². The minimum atomic E-state index is 1.45. The molecule has 0 heteroatoms. The first-order valence-corrected chi connectivity index (χ1v) is 10.0. The van der Waals surface area contributed by atoms with E-state index in [0.29, 0.717) is 0 Å². The van der Waals surface area contributed by atoms with Crippen LogP contribution in [0.25, 0.3) is 0 Å². The molecular weight excluding hydrogens is 312 g/mol. The van der Waals surface area contributed by atoms with Crippen molar-refractivity contribution in [2.75, 3.05) is 0 Å². The SMILES string of the molecule is CC.Cc1c(C)c(C)c(C)c(C)c1C.Cc1c(C)c(C)c(C)c(C)c1C. The van der Waals surface area contributed by atoms with Gasteiger partial charge in [-0.2, -0.15) is 0 Å². The Hall–Kier alpha value is -1.56. The first kappa shape index (κ1) is 24.4. The van der Waals surface area contributed by atoms with Gasteiger partial charge in [-0.25, -0.2) is 0 Å². The zero-order chi connectivity index (χ0) is 20.9. The van der Waals surface area contributed by atoms with Crippen LogP contribution in [0.2, 0.25) is 0 Å². The molecule has 0 atom stereocenters. The van der Waals surface area contributed by atoms with Gasteiger partial charge in [0.1, 0.15) is 0 Å². The molecule has 0 N–H and O–H groups in total. The Bertz CT molecular complexity index is 496. The lowest BCUT2D eigenvalue weighted by Gasteiger charge is -2.15. The van der Waals surface area contributed by atoms with Gasteiger partial charge < -0.3 is 0 Å². The summed E-state index contributed by atoms with van der Waals surface area (Å²) in [5.41, 5.74) is 17.5. The quantitative estimate of drug-likeness (QED) is 0.448. The molecule has 0 saturated carbocycles. The molecule has 146 valence electrons. The molecule has 0 radical (unpaired) electrons. The van der Waals surface area contributed by atoms with Crippen molar-refractivity contribution in [3.8, 4) is 0 Å². The molecule has 0 fully saturated rings. The smallest absolute Gasteiger partial charge is 0.0392 e. The van der Waals surface area contributed by atoms with E-state index < -0.39 is 0 Å². The minimum Gasteiger partial charge on any atom is -0.0683 e. The van der Waals surface area contributed by atoms with E-state index in [0.717, 1.165) is 0 Å². The molecule has 0 amide bonds. The lowest BCUT2D eigenvalue weighted by molar-refractivity contribution is 1.13. The van der Waals surface area contributed by atoms with E-state index in [1.807, 2.05) is 13.8 Å². The van der Waals surface area contributed by atoms with Gasteiger partial charge in [0.2, 0.25) is 0 Å². The van der Waals surface area contributed by atoms with E-state index in [1.165, 1.54) is 66.8 Å². The highest BCUT2D eigenvalue weighted by Crippen LogP contribution is 2.25. The summed E-state index contributed by atoms with van der Waals surface area (Å²) in [6.07, 6.45) is 0. The normalized spacial score (nSPS) is 9.92. The fourth-order valence-corrected chi connectivity index (χ4v) is 3.38. The Balaban J connectivity index is 0.000000439. The minimum absolute atomic E-state index is 1.45. The van der Waals surface area contributed by atoms with Crippen molar-refractivity contribution >= 4 is 0 Å². The lowest BCUT2D eigenvalue weighted by atomic mass is 9.90. The van der Waals surface area contributed by atoms with Crippen LogP contribution < -0.4 is 0 Å². The Labute approximate surface area is 164 Å². The third-order valence-electron chi connectivity index (χ3n) is 6.75. The molecule has 0 aliphatic heterocycles. The Morgan fingerprint density at radius 2 is 0.231 bits per heavy atom. The van der Waals surface area contributed by atoms with Gasteiger partial charge in [0.05, 0.1) is 0 Å². The molecule has 0 aromatic heterocycles. The highest BCUT2D eigenvalue weighted by Gasteiger charge is 2.08. The number of rotatable bonds is 0. The fourth-order valence-electron chi connectivity index (χ4n) is 3.38. The summed E-state index contributed by atoms with van der Waals surface area (Å²) in [4.78, 5) is 0. The highest BCUT2D eigenvalue weighted by molar-refractivity contribution is 5.49. The average molecular weight is 355 g/mol. The van der Waals surface area contributed by atoms with Gasteiger partial charge in [-0.15, -0.1) is 0 Å². The maximum Gasteiger partial charge on any atom is -0.0392 e. The maximum absolute atomic E-state index is 2.21. The van der Waals surface area contributed by atoms with Crippen LogP contribution in [-0.2, 0) is 0 Å². The molecule has 0 heterocycles. The van der Waals surface area contributed by atoms with E-state index in [2.05, 4.69) is 83.1 Å². The fraction of sp³-hybridized carbons (Fsp3) is 0.538. The number of hydrogen-bond acceptors (Lipinski definition) is 0. The zero-order valence-electron chi connectivity index (χ0n) is 20.0. The van der Waals surface area contributed by atoms with Gasteiger partial charge in [0, 0.05) is 0 Å². The van der Waals surface area contributed by atoms with Crippen LogP contribution in [0.1, 0.15) is 80.6 Å². The van der Waals surface area contributed by atoms with Gasteiger partial charge >= 0.3 is 0 Å². The zero-order valence-corrected chi connectivity index (χ0v) is 20.0. The first-order chi connectivity index (χ1) is 11.9. The molecule has 0 bridgehead atoms. The molecule has 0 unspecified atom stereocenters. The van der Waals surface area contributed by atoms with E-state index in [9.17, 15) is 0 Å². The van der Waals surface area contributed by atoms with Crippen molar-refractivity contribution in [1.29, 1.82) is 0 Å². The van der Waals surface area contributed by atoms with Gasteiger partial charge in [-0.3, -0.25) is 0 Å². The second kappa shape index (κ2) is 9.95. The predicted molar refractivity (Wildman–Crippen MR) is 121 cm³/mol. The van der Waals surface area contributed by atoms with Gasteiger partial charge in [-0.05, 0) is 150 Å². The molecule has 26 heavy (non-hydrogen) atoms. The molecule has 0 aliphatic carbocycles. The van der Waals surface area contributed by atoms with Gasteiger partial charge in [-0.1, -0.05) is 13.8 Å². The number of benzene rings is 2. The summed E-state index contributed by atoms with van der Waals surface area (Å²) >= 11 is 0. The van der Waals surface area contributed by atoms with Crippen LogP contribution in [0, 0.1) is 83.1 Å². The van der Waals surface area contributed by atoms with Crippen LogP contribution in [0.5, 0.6) is 0 Å². The van der Waals surface area contributed by atoms with E-state index in [-0.39, 0.29) is 0 Å². The van der Waals surface area contributed by atoms with Gasteiger partial charge in [0.15, 0.2) is 0 Å². The molecule has 2 rings (SSSR count). The lowest BCUT2D eigenvalue weighted by Crippen LogP contribution is -1.98. The highest BCUT2D eigenvalue weighted by atomic mass is 14.1. The second-order valence-corrected chi connectivity index (χ2v) is 7.50. The average Bonchev–Trinajstić information content (AvgIpc) is 2.66. The third kappa shape index (κ3) is 4.78. The van der Waals surface area contributed by atoms with E-state index >= 15 is 0 Å². The Morgan fingerprint density at radius 1 is 0.192 bits per heavy atom. The van der Waals surface area contributed by atoms with Crippen molar-refractivity contribution in [3.63, 3.8) is 0 Å². The van der Waals surface area contributed by atoms with Crippen molar-refractivity contribution in [2.24, 2.45) is 0 Å². The molecule has 0 nitrogen and oxygen atoms in total. The molecule has 0 saturated heterocycles. The van der Waals surface area contributed by atoms with Crippen molar-refractivity contribution in [2.45, 2.75) is 96.9 Å². The van der Waals surface area contributed by atoms with Crippen LogP contribution in [0.15, 0.2) is 0 Å². The topological polar surface area (TPSA) is 0 Å². The summed E-state index contributed by atoms with van der Waals surface area (Å²) in [5, 5.41) is 0. The molecular formula is C26H42. The summed E-state index contributed by atoms with van der Waals surface area (Å²) in [6, 6.07) is 0. The Morgan fingerprint density at radius 3 is 0.269 bits per heavy atom. The first-order valence-electron chi connectivity index (χ1n) is 10.0. The predicted octanol–water partition coefficient (Wildman–Crippen LogP) is 8.10. The van der Waals surface area contributed by atoms with Crippen LogP contribution in [-0.4, -0.2) is 0 Å². The van der Waals surface area contributed by atoms with Crippen LogP contribution in [0.3, 0.4) is 0 Å². The second-order valence-electron chi connectivity index (χ2n) is 7.50. The van der Waals surface area contributed by atoms with E-state index in [4.69, 9.17) is 0 Å². The molecule has 0 spiro atoms. The summed E-state index contributed by atoms with van der Waals surface area (Å²) in [5.74, 6) is 0. The largest absolute Gasteiger partial charge is 0.0683 e.